The van der Waals surface area contributed by atoms with E-state index in [-0.39, 0.29) is 17.7 Å². The van der Waals surface area contributed by atoms with Gasteiger partial charge in [-0.3, -0.25) is 19.7 Å². The van der Waals surface area contributed by atoms with E-state index in [0.717, 1.165) is 5.56 Å². The lowest BCUT2D eigenvalue weighted by Gasteiger charge is -2.29. The maximum absolute atomic E-state index is 12.5. The van der Waals surface area contributed by atoms with Crippen LogP contribution in [0.3, 0.4) is 0 Å². The maximum atomic E-state index is 12.5. The molecule has 1 saturated carbocycles. The molecule has 1 N–H and O–H groups in total. The van der Waals surface area contributed by atoms with Gasteiger partial charge in [-0.2, -0.15) is 0 Å². The number of fused-ring (bicyclic) bond motifs is 1. The van der Waals surface area contributed by atoms with E-state index in [1.54, 1.807) is 4.90 Å². The number of carbonyl (C=O) groups is 3. The molecule has 3 aliphatic rings. The summed E-state index contributed by atoms with van der Waals surface area (Å²) in [5.74, 6) is -0.0657. The van der Waals surface area contributed by atoms with E-state index in [0.29, 0.717) is 30.9 Å². The average Bonchev–Trinajstić information content (AvgIpc) is 2.74. The first-order chi connectivity index (χ1) is 10.6. The highest BCUT2D eigenvalue weighted by Crippen LogP contribution is 2.38. The molecule has 5 heteroatoms. The van der Waals surface area contributed by atoms with Crippen molar-refractivity contribution in [2.24, 2.45) is 0 Å². The Morgan fingerprint density at radius 3 is 2.59 bits per heavy atom. The molecule has 114 valence electrons. The molecule has 1 aromatic rings. The summed E-state index contributed by atoms with van der Waals surface area (Å²) in [6, 6.07) is 5.55. The first-order valence-electron chi connectivity index (χ1n) is 7.91. The minimum Gasteiger partial charge on any atom is -0.322 e. The Balaban J connectivity index is 1.58. The molecule has 0 spiro atoms. The van der Waals surface area contributed by atoms with Crippen LogP contribution in [0.4, 0.5) is 0 Å². The van der Waals surface area contributed by atoms with E-state index in [9.17, 15) is 14.4 Å². The summed E-state index contributed by atoms with van der Waals surface area (Å²) in [5, 5.41) is 2.33. The van der Waals surface area contributed by atoms with Crippen LogP contribution in [0.1, 0.15) is 59.5 Å². The molecule has 2 aliphatic heterocycles. The van der Waals surface area contributed by atoms with Gasteiger partial charge in [0, 0.05) is 18.5 Å². The quantitative estimate of drug-likeness (QED) is 0.845. The Morgan fingerprint density at radius 1 is 1.09 bits per heavy atom. The van der Waals surface area contributed by atoms with E-state index >= 15 is 0 Å². The van der Waals surface area contributed by atoms with Gasteiger partial charge in [-0.1, -0.05) is 18.6 Å². The molecule has 1 aromatic carbocycles. The van der Waals surface area contributed by atoms with Crippen LogP contribution >= 0.6 is 0 Å². The van der Waals surface area contributed by atoms with Crippen LogP contribution in [0.15, 0.2) is 18.2 Å². The topological polar surface area (TPSA) is 66.5 Å². The third-order valence-electron chi connectivity index (χ3n) is 5.12. The third kappa shape index (κ3) is 2.03. The first-order valence-corrected chi connectivity index (χ1v) is 7.91. The lowest BCUT2D eigenvalue weighted by Crippen LogP contribution is -2.52. The summed E-state index contributed by atoms with van der Waals surface area (Å²) in [7, 11) is 0. The standard InChI is InChI=1S/C17H18N2O3/c20-15-7-6-14(16(21)18-15)19-9-12-8-11(10-2-1-3-10)4-5-13(12)17(19)22/h4-5,8,10,14H,1-3,6-7,9H2,(H,18,20,21)/t14-/m1/s1. The van der Waals surface area contributed by atoms with Gasteiger partial charge >= 0.3 is 0 Å². The normalized spacial score (nSPS) is 25.0. The van der Waals surface area contributed by atoms with Crippen molar-refractivity contribution in [3.63, 3.8) is 0 Å². The summed E-state index contributed by atoms with van der Waals surface area (Å²) in [5.41, 5.74) is 3.02. The Morgan fingerprint density at radius 2 is 1.91 bits per heavy atom. The molecule has 1 saturated heterocycles. The molecule has 0 bridgehead atoms. The van der Waals surface area contributed by atoms with E-state index in [4.69, 9.17) is 0 Å². The average molecular weight is 298 g/mol. The minimum absolute atomic E-state index is 0.0929. The molecule has 1 atom stereocenters. The number of nitrogens with zero attached hydrogens (tertiary/aromatic N) is 1. The molecule has 2 fully saturated rings. The summed E-state index contributed by atoms with van der Waals surface area (Å²) in [4.78, 5) is 37.4. The van der Waals surface area contributed by atoms with Gasteiger partial charge in [-0.15, -0.1) is 0 Å². The number of carbonyl (C=O) groups excluding carboxylic acids is 3. The van der Waals surface area contributed by atoms with Crippen molar-refractivity contribution in [3.8, 4) is 0 Å². The van der Waals surface area contributed by atoms with Gasteiger partial charge < -0.3 is 4.90 Å². The highest BCUT2D eigenvalue weighted by atomic mass is 16.2. The molecule has 4 rings (SSSR count). The molecule has 5 nitrogen and oxygen atoms in total. The number of rotatable bonds is 2. The zero-order valence-electron chi connectivity index (χ0n) is 12.3. The molecular formula is C17H18N2O3. The molecule has 3 amide bonds. The van der Waals surface area contributed by atoms with Crippen LogP contribution in [0, 0.1) is 0 Å². The Hall–Kier alpha value is -2.17. The predicted molar refractivity (Wildman–Crippen MR) is 79.1 cm³/mol. The maximum Gasteiger partial charge on any atom is 0.255 e. The smallest absolute Gasteiger partial charge is 0.255 e. The Labute approximate surface area is 128 Å². The van der Waals surface area contributed by atoms with Crippen molar-refractivity contribution in [2.45, 2.75) is 50.6 Å². The molecule has 0 unspecified atom stereocenters. The SMILES string of the molecule is O=C1CC[C@@H](N2Cc3cc(C4CCC4)ccc3C2=O)C(=O)N1. The lowest BCUT2D eigenvalue weighted by atomic mass is 9.79. The molecule has 2 heterocycles. The van der Waals surface area contributed by atoms with Crippen molar-refractivity contribution in [1.29, 1.82) is 0 Å². The van der Waals surface area contributed by atoms with Gasteiger partial charge in [0.2, 0.25) is 11.8 Å². The fourth-order valence-electron chi connectivity index (χ4n) is 3.59. The van der Waals surface area contributed by atoms with E-state index in [2.05, 4.69) is 17.4 Å². The lowest BCUT2D eigenvalue weighted by molar-refractivity contribution is -0.136. The zero-order chi connectivity index (χ0) is 15.3. The van der Waals surface area contributed by atoms with Gasteiger partial charge in [-0.05, 0) is 42.4 Å². The number of hydrogen-bond donors (Lipinski definition) is 1. The summed E-state index contributed by atoms with van der Waals surface area (Å²) in [6.07, 6.45) is 4.44. The molecular weight excluding hydrogens is 280 g/mol. The second-order valence-electron chi connectivity index (χ2n) is 6.44. The van der Waals surface area contributed by atoms with Gasteiger partial charge in [-0.25, -0.2) is 0 Å². The predicted octanol–water partition coefficient (Wildman–Crippen LogP) is 1.72. The monoisotopic (exact) mass is 298 g/mol. The molecule has 1 aliphatic carbocycles. The van der Waals surface area contributed by atoms with Crippen molar-refractivity contribution in [2.75, 3.05) is 0 Å². The van der Waals surface area contributed by atoms with E-state index in [1.165, 1.54) is 24.8 Å². The second-order valence-corrected chi connectivity index (χ2v) is 6.44. The number of benzene rings is 1. The number of hydrogen-bond acceptors (Lipinski definition) is 3. The van der Waals surface area contributed by atoms with Crippen molar-refractivity contribution in [3.05, 3.63) is 34.9 Å². The third-order valence-corrected chi connectivity index (χ3v) is 5.12. The number of amides is 3. The summed E-state index contributed by atoms with van der Waals surface area (Å²) >= 11 is 0. The summed E-state index contributed by atoms with van der Waals surface area (Å²) < 4.78 is 0. The highest BCUT2D eigenvalue weighted by molar-refractivity contribution is 6.05. The number of nitrogens with one attached hydrogen (secondary N) is 1. The summed E-state index contributed by atoms with van der Waals surface area (Å²) in [6.45, 7) is 0.473. The highest BCUT2D eigenvalue weighted by Gasteiger charge is 2.39. The van der Waals surface area contributed by atoms with E-state index < -0.39 is 6.04 Å². The number of imide groups is 1. The van der Waals surface area contributed by atoms with Crippen LogP contribution in [0.2, 0.25) is 0 Å². The van der Waals surface area contributed by atoms with Crippen LogP contribution in [-0.4, -0.2) is 28.7 Å². The van der Waals surface area contributed by atoms with Crippen molar-refractivity contribution in [1.82, 2.24) is 10.2 Å². The fraction of sp³-hybridized carbons (Fsp3) is 0.471. The largest absolute Gasteiger partial charge is 0.322 e. The Bertz CT molecular complexity index is 678. The Kier molecular flexibility index (Phi) is 3.03. The molecule has 0 aromatic heterocycles. The van der Waals surface area contributed by atoms with Gasteiger partial charge in [0.25, 0.3) is 5.91 Å². The van der Waals surface area contributed by atoms with E-state index in [1.807, 2.05) is 6.07 Å². The zero-order valence-corrected chi connectivity index (χ0v) is 12.3. The van der Waals surface area contributed by atoms with Crippen molar-refractivity contribution < 1.29 is 14.4 Å². The van der Waals surface area contributed by atoms with Crippen LogP contribution in [0.5, 0.6) is 0 Å². The first kappa shape index (κ1) is 13.5. The van der Waals surface area contributed by atoms with Gasteiger partial charge in [0.05, 0.1) is 0 Å². The van der Waals surface area contributed by atoms with Crippen LogP contribution in [-0.2, 0) is 16.1 Å². The van der Waals surface area contributed by atoms with Crippen LogP contribution < -0.4 is 5.32 Å². The fourth-order valence-corrected chi connectivity index (χ4v) is 3.59. The second kappa shape index (κ2) is 4.93. The van der Waals surface area contributed by atoms with Crippen LogP contribution in [0.25, 0.3) is 0 Å². The van der Waals surface area contributed by atoms with Gasteiger partial charge in [0.1, 0.15) is 6.04 Å². The molecule has 0 radical (unpaired) electrons. The van der Waals surface area contributed by atoms with Gasteiger partial charge in [0.15, 0.2) is 0 Å². The number of piperidine rings is 1. The van der Waals surface area contributed by atoms with Crippen molar-refractivity contribution >= 4 is 17.7 Å². The minimum atomic E-state index is -0.523. The molecule has 22 heavy (non-hydrogen) atoms.